The lowest BCUT2D eigenvalue weighted by molar-refractivity contribution is 0.0952. The smallest absolute Gasteiger partial charge is 0.279 e. The largest absolute Gasteiger partial charge is 0.369 e. The first-order valence-corrected chi connectivity index (χ1v) is 13.2. The number of rotatable bonds is 7. The molecule has 1 saturated heterocycles. The number of aromatic nitrogens is 2. The van der Waals surface area contributed by atoms with E-state index >= 15 is 0 Å². The maximum atomic E-state index is 13.0. The second-order valence-electron chi connectivity index (χ2n) is 9.24. The summed E-state index contributed by atoms with van der Waals surface area (Å²) in [5.74, 6) is 0.0238. The van der Waals surface area contributed by atoms with E-state index in [0.717, 1.165) is 43.1 Å². The minimum absolute atomic E-state index is 0.220. The quantitative estimate of drug-likeness (QED) is 0.319. The number of aromatic amines is 1. The number of hydrazine groups is 1. The molecule has 2 aromatic carbocycles. The van der Waals surface area contributed by atoms with Crippen molar-refractivity contribution >= 4 is 50.6 Å². The van der Waals surface area contributed by atoms with Crippen molar-refractivity contribution in [2.24, 2.45) is 0 Å². The zero-order chi connectivity index (χ0) is 25.9. The van der Waals surface area contributed by atoms with Crippen LogP contribution in [0.3, 0.4) is 0 Å². The number of thiophene rings is 1. The summed E-state index contributed by atoms with van der Waals surface area (Å²) in [5, 5.41) is 12.6. The molecule has 0 aliphatic carbocycles. The monoisotopic (exact) mass is 517 g/mol. The van der Waals surface area contributed by atoms with Crippen LogP contribution in [-0.4, -0.2) is 66.7 Å². The molecule has 1 aliphatic heterocycles. The van der Waals surface area contributed by atoms with Gasteiger partial charge in [-0.1, -0.05) is 17.7 Å². The Labute approximate surface area is 220 Å². The second-order valence-corrected chi connectivity index (χ2v) is 10.3. The summed E-state index contributed by atoms with van der Waals surface area (Å²) >= 11 is 1.28. The summed E-state index contributed by atoms with van der Waals surface area (Å²) in [5.41, 5.74) is 6.71. The number of H-pyrrole nitrogens is 1. The molecule has 4 aromatic rings. The van der Waals surface area contributed by atoms with E-state index in [-0.39, 0.29) is 11.8 Å². The highest BCUT2D eigenvalue weighted by Gasteiger charge is 2.19. The Morgan fingerprint density at radius 3 is 2.41 bits per heavy atom. The molecule has 0 spiro atoms. The summed E-state index contributed by atoms with van der Waals surface area (Å²) in [4.78, 5) is 31.7. The molecule has 3 heterocycles. The molecule has 2 aromatic heterocycles. The molecule has 0 atom stereocenters. The predicted molar refractivity (Wildman–Crippen MR) is 150 cm³/mol. The number of aryl methyl sites for hydroxylation is 1. The second kappa shape index (κ2) is 10.6. The third kappa shape index (κ3) is 5.45. The molecule has 0 radical (unpaired) electrons. The number of hydrogen-bond acceptors (Lipinski definition) is 7. The van der Waals surface area contributed by atoms with Gasteiger partial charge in [0.25, 0.3) is 11.8 Å². The number of likely N-dealkylation sites (N-methyl/N-ethyl adjacent to an activating group) is 1. The first-order valence-electron chi connectivity index (χ1n) is 12.4. The Morgan fingerprint density at radius 2 is 1.73 bits per heavy atom. The van der Waals surface area contributed by atoms with Gasteiger partial charge in [-0.2, -0.15) is 5.10 Å². The number of nitrogens with one attached hydrogen (secondary N) is 3. The van der Waals surface area contributed by atoms with Crippen molar-refractivity contribution in [3.8, 4) is 0 Å². The molecule has 1 aliphatic rings. The van der Waals surface area contributed by atoms with Crippen LogP contribution in [-0.2, 0) is 0 Å². The van der Waals surface area contributed by atoms with Gasteiger partial charge in [-0.25, -0.2) is 0 Å². The van der Waals surface area contributed by atoms with E-state index in [1.165, 1.54) is 11.3 Å². The van der Waals surface area contributed by atoms with Gasteiger partial charge >= 0.3 is 0 Å². The topological polar surface area (TPSA) is 96.6 Å². The van der Waals surface area contributed by atoms with Crippen LogP contribution in [0.5, 0.6) is 0 Å². The highest BCUT2D eigenvalue weighted by molar-refractivity contribution is 7.20. The van der Waals surface area contributed by atoms with E-state index in [1.54, 1.807) is 11.1 Å². The van der Waals surface area contributed by atoms with Crippen molar-refractivity contribution in [1.82, 2.24) is 20.5 Å². The molecule has 2 amide bonds. The van der Waals surface area contributed by atoms with Crippen molar-refractivity contribution in [3.05, 3.63) is 70.6 Å². The molecule has 10 heteroatoms. The minimum atomic E-state index is -0.232. The van der Waals surface area contributed by atoms with E-state index in [1.807, 2.05) is 62.4 Å². The van der Waals surface area contributed by atoms with Crippen LogP contribution in [0, 0.1) is 6.92 Å². The fraction of sp³-hybridized carbons (Fsp3) is 0.296. The van der Waals surface area contributed by atoms with E-state index in [4.69, 9.17) is 0 Å². The summed E-state index contributed by atoms with van der Waals surface area (Å²) in [6.45, 7) is 8.63. The number of anilines is 3. The molecule has 0 unspecified atom stereocenters. The van der Waals surface area contributed by atoms with E-state index in [0.29, 0.717) is 33.0 Å². The van der Waals surface area contributed by atoms with Gasteiger partial charge in [-0.3, -0.25) is 25.1 Å². The minimum Gasteiger partial charge on any atom is -0.369 e. The van der Waals surface area contributed by atoms with Gasteiger partial charge < -0.3 is 15.1 Å². The Hall–Kier alpha value is -3.89. The van der Waals surface area contributed by atoms with Gasteiger partial charge in [0.05, 0.1) is 16.0 Å². The maximum absolute atomic E-state index is 13.0. The zero-order valence-corrected chi connectivity index (χ0v) is 22.1. The normalized spacial score (nSPS) is 14.1. The Morgan fingerprint density at radius 1 is 1.03 bits per heavy atom. The fourth-order valence-corrected chi connectivity index (χ4v) is 5.21. The number of amides is 2. The molecule has 0 saturated carbocycles. The van der Waals surface area contributed by atoms with Gasteiger partial charge in [-0.05, 0) is 63.4 Å². The van der Waals surface area contributed by atoms with Crippen molar-refractivity contribution in [2.75, 3.05) is 55.0 Å². The van der Waals surface area contributed by atoms with E-state index in [9.17, 15) is 9.59 Å². The van der Waals surface area contributed by atoms with Crippen molar-refractivity contribution in [3.63, 3.8) is 0 Å². The lowest BCUT2D eigenvalue weighted by Crippen LogP contribution is -2.44. The average Bonchev–Trinajstić information content (AvgIpc) is 3.50. The summed E-state index contributed by atoms with van der Waals surface area (Å²) in [7, 11) is 2.13. The van der Waals surface area contributed by atoms with Crippen molar-refractivity contribution in [2.45, 2.75) is 13.8 Å². The summed E-state index contributed by atoms with van der Waals surface area (Å²) < 4.78 is 0. The number of piperazine rings is 1. The molecule has 192 valence electrons. The zero-order valence-electron chi connectivity index (χ0n) is 21.2. The molecular weight excluding hydrogens is 486 g/mol. The van der Waals surface area contributed by atoms with Crippen LogP contribution in [0.1, 0.15) is 32.5 Å². The number of fused-ring (bicyclic) bond motifs is 1. The van der Waals surface area contributed by atoms with E-state index in [2.05, 4.69) is 37.8 Å². The molecule has 1 fully saturated rings. The fourth-order valence-electron chi connectivity index (χ4n) is 4.32. The molecule has 9 nitrogen and oxygen atoms in total. The van der Waals surface area contributed by atoms with Gasteiger partial charge in [-0.15, -0.1) is 11.3 Å². The number of carbonyl (C=O) groups is 2. The maximum Gasteiger partial charge on any atom is 0.279 e. The molecule has 37 heavy (non-hydrogen) atoms. The van der Waals surface area contributed by atoms with Gasteiger partial charge in [0.1, 0.15) is 10.6 Å². The number of hydrogen-bond donors (Lipinski definition) is 3. The highest BCUT2D eigenvalue weighted by Crippen LogP contribution is 2.30. The third-order valence-corrected chi connectivity index (χ3v) is 7.64. The molecule has 0 bridgehead atoms. The lowest BCUT2D eigenvalue weighted by atomic mass is 10.1. The van der Waals surface area contributed by atoms with Gasteiger partial charge in [0, 0.05) is 44.0 Å². The molecule has 5 rings (SSSR count). The SMILES string of the molecule is CCN(NC(=O)c1cc2c(NC(=O)c3ccc(N4CCN(C)CC4)cc3)[nH]nc2s1)c1ccc(C)cc1. The van der Waals surface area contributed by atoms with Crippen molar-refractivity contribution < 1.29 is 9.59 Å². The van der Waals surface area contributed by atoms with Crippen LogP contribution < -0.4 is 20.7 Å². The van der Waals surface area contributed by atoms with Gasteiger partial charge in [0.15, 0.2) is 0 Å². The van der Waals surface area contributed by atoms with Crippen LogP contribution in [0.2, 0.25) is 0 Å². The predicted octanol–water partition coefficient (Wildman–Crippen LogP) is 4.11. The Balaban J connectivity index is 1.25. The number of carbonyl (C=O) groups excluding carboxylic acids is 2. The molecular formula is C27H31N7O2S. The number of benzene rings is 2. The van der Waals surface area contributed by atoms with E-state index < -0.39 is 0 Å². The summed E-state index contributed by atoms with van der Waals surface area (Å²) in [6.07, 6.45) is 0. The first-order chi connectivity index (χ1) is 17.9. The van der Waals surface area contributed by atoms with Crippen LogP contribution >= 0.6 is 11.3 Å². The summed E-state index contributed by atoms with van der Waals surface area (Å²) in [6, 6.07) is 17.4. The van der Waals surface area contributed by atoms with Crippen LogP contribution in [0.15, 0.2) is 54.6 Å². The van der Waals surface area contributed by atoms with Gasteiger partial charge in [0.2, 0.25) is 0 Å². The Bertz CT molecular complexity index is 1390. The Kier molecular flexibility index (Phi) is 7.11. The average molecular weight is 518 g/mol. The molecule has 3 N–H and O–H groups in total. The standard InChI is InChI=1S/C27H31N7O2S/c1-4-34(21-9-5-18(2)6-10-21)31-26(36)23-17-22-24(29-30-27(22)37-23)28-25(35)19-7-11-20(12-8-19)33-15-13-32(3)14-16-33/h5-12,17H,4,13-16H2,1-3H3,(H,31,36)(H2,28,29,30,35). The first kappa shape index (κ1) is 24.8. The van der Waals surface area contributed by atoms with Crippen LogP contribution in [0.4, 0.5) is 17.2 Å². The van der Waals surface area contributed by atoms with Crippen LogP contribution in [0.25, 0.3) is 10.2 Å². The van der Waals surface area contributed by atoms with Crippen molar-refractivity contribution in [1.29, 1.82) is 0 Å². The number of nitrogens with zero attached hydrogens (tertiary/aromatic N) is 4. The third-order valence-electron chi connectivity index (χ3n) is 6.61. The highest BCUT2D eigenvalue weighted by atomic mass is 32.1. The lowest BCUT2D eigenvalue weighted by Gasteiger charge is -2.34.